The minimum absolute atomic E-state index is 0.119. The van der Waals surface area contributed by atoms with Crippen molar-refractivity contribution in [3.63, 3.8) is 0 Å². The Morgan fingerprint density at radius 3 is 2.62 bits per heavy atom. The molecule has 0 bridgehead atoms. The summed E-state index contributed by atoms with van der Waals surface area (Å²) in [5.74, 6) is 0.725. The lowest BCUT2D eigenvalue weighted by molar-refractivity contribution is -0.108. The van der Waals surface area contributed by atoms with Gasteiger partial charge in [-0.3, -0.25) is 4.79 Å². The van der Waals surface area contributed by atoms with Gasteiger partial charge in [0.05, 0.1) is 18.2 Å². The second-order valence-electron chi connectivity index (χ2n) is 6.92. The van der Waals surface area contributed by atoms with Gasteiger partial charge in [-0.2, -0.15) is 0 Å². The third kappa shape index (κ3) is 5.54. The number of allylic oxidation sites excluding steroid dienone is 2. The monoisotopic (exact) mass is 399 g/mol. The molecule has 2 N–H and O–H groups in total. The quantitative estimate of drug-likeness (QED) is 0.421. The Kier molecular flexibility index (Phi) is 8.15. The zero-order valence-corrected chi connectivity index (χ0v) is 17.4. The van der Waals surface area contributed by atoms with E-state index >= 15 is 0 Å². The topological polar surface area (TPSA) is 93.5 Å². The number of aliphatic hydroxyl groups is 1. The van der Waals surface area contributed by atoms with E-state index in [1.54, 1.807) is 43.9 Å². The van der Waals surface area contributed by atoms with Crippen molar-refractivity contribution in [2.45, 2.75) is 45.7 Å². The molecule has 156 valence electrons. The molecular formula is C22H29N3O4. The van der Waals surface area contributed by atoms with Crippen LogP contribution in [-0.2, 0) is 22.5 Å². The van der Waals surface area contributed by atoms with Gasteiger partial charge in [0, 0.05) is 31.5 Å². The van der Waals surface area contributed by atoms with Crippen LogP contribution in [-0.4, -0.2) is 41.2 Å². The van der Waals surface area contributed by atoms with Gasteiger partial charge in [-0.1, -0.05) is 13.0 Å². The predicted octanol–water partition coefficient (Wildman–Crippen LogP) is 3.47. The maximum atomic E-state index is 13.0. The maximum Gasteiger partial charge on any atom is 0.198 e. The number of hydrogen-bond acceptors (Lipinski definition) is 6. The molecule has 2 aromatic rings. The summed E-state index contributed by atoms with van der Waals surface area (Å²) in [6.07, 6.45) is 8.03. The van der Waals surface area contributed by atoms with E-state index in [4.69, 9.17) is 5.11 Å². The van der Waals surface area contributed by atoms with Crippen LogP contribution in [0.5, 0.6) is 0 Å². The largest absolute Gasteiger partial charge is 0.515 e. The number of nitrogens with one attached hydrogen (secondary N) is 1. The number of methoxy groups -OCH3 is 1. The first-order valence-corrected chi connectivity index (χ1v) is 9.66. The Balaban J connectivity index is 0.000000941. The van der Waals surface area contributed by atoms with Gasteiger partial charge < -0.3 is 24.5 Å². The van der Waals surface area contributed by atoms with Gasteiger partial charge in [0.1, 0.15) is 17.8 Å². The third-order valence-corrected chi connectivity index (χ3v) is 4.49. The molecule has 0 atom stereocenters. The molecule has 0 radical (unpaired) electrons. The lowest BCUT2D eigenvalue weighted by Gasteiger charge is -2.17. The number of nitrogens with zero attached hydrogens (tertiary/aromatic N) is 2. The minimum Gasteiger partial charge on any atom is -0.515 e. The molecule has 0 amide bonds. The summed E-state index contributed by atoms with van der Waals surface area (Å²) in [4.78, 5) is 28.9. The Labute approximate surface area is 170 Å². The van der Waals surface area contributed by atoms with E-state index in [2.05, 4.69) is 15.0 Å². The number of anilines is 1. The van der Waals surface area contributed by atoms with Crippen LogP contribution in [0.2, 0.25) is 0 Å². The van der Waals surface area contributed by atoms with Gasteiger partial charge in [-0.25, -0.2) is 4.98 Å². The lowest BCUT2D eigenvalue weighted by Crippen LogP contribution is -2.20. The Morgan fingerprint density at radius 1 is 1.38 bits per heavy atom. The second-order valence-corrected chi connectivity index (χ2v) is 6.92. The molecule has 0 aromatic carbocycles. The fourth-order valence-electron chi connectivity index (χ4n) is 2.98. The predicted molar refractivity (Wildman–Crippen MR) is 116 cm³/mol. The molecule has 3 rings (SSSR count). The maximum absolute atomic E-state index is 13.0. The molecule has 7 nitrogen and oxygen atoms in total. The highest BCUT2D eigenvalue weighted by Crippen LogP contribution is 2.25. The van der Waals surface area contributed by atoms with Gasteiger partial charge in [0.15, 0.2) is 5.43 Å². The van der Waals surface area contributed by atoms with Crippen molar-refractivity contribution in [1.29, 1.82) is 0 Å². The fourth-order valence-corrected chi connectivity index (χ4v) is 2.98. The first-order valence-electron chi connectivity index (χ1n) is 9.66. The lowest BCUT2D eigenvalue weighted by atomic mass is 10.1. The summed E-state index contributed by atoms with van der Waals surface area (Å²) in [5.41, 5.74) is 2.32. The van der Waals surface area contributed by atoms with Crippen LogP contribution in [0.1, 0.15) is 37.9 Å². The van der Waals surface area contributed by atoms with Gasteiger partial charge in [0.2, 0.25) is 0 Å². The molecule has 0 aliphatic heterocycles. The van der Waals surface area contributed by atoms with Crippen molar-refractivity contribution in [2.24, 2.45) is 0 Å². The molecule has 1 aliphatic rings. The number of aromatic nitrogens is 2. The van der Waals surface area contributed by atoms with Gasteiger partial charge in [-0.05, 0) is 50.0 Å². The van der Waals surface area contributed by atoms with Crippen molar-refractivity contribution in [3.8, 4) is 0 Å². The summed E-state index contributed by atoms with van der Waals surface area (Å²) in [6.45, 7) is 3.82. The van der Waals surface area contributed by atoms with Gasteiger partial charge in [-0.15, -0.1) is 0 Å². The van der Waals surface area contributed by atoms with Crippen molar-refractivity contribution < 1.29 is 14.6 Å². The van der Waals surface area contributed by atoms with Crippen LogP contribution in [0.3, 0.4) is 0 Å². The van der Waals surface area contributed by atoms with E-state index in [9.17, 15) is 9.59 Å². The van der Waals surface area contributed by atoms with E-state index in [0.717, 1.165) is 36.9 Å². The van der Waals surface area contributed by atoms with Gasteiger partial charge >= 0.3 is 0 Å². The van der Waals surface area contributed by atoms with E-state index in [1.807, 2.05) is 13.0 Å². The number of fused-ring (bicyclic) bond motifs is 1. The smallest absolute Gasteiger partial charge is 0.198 e. The minimum atomic E-state index is -0.119. The highest BCUT2D eigenvalue weighted by atomic mass is 16.4. The van der Waals surface area contributed by atoms with Crippen LogP contribution < -0.4 is 10.7 Å². The summed E-state index contributed by atoms with van der Waals surface area (Å²) in [7, 11) is 3.25. The number of rotatable bonds is 7. The van der Waals surface area contributed by atoms with E-state index < -0.39 is 0 Å². The summed E-state index contributed by atoms with van der Waals surface area (Å²) in [5, 5.41) is 12.9. The number of carbonyl (C=O) groups is 1. The summed E-state index contributed by atoms with van der Waals surface area (Å²) >= 11 is 0. The number of aliphatic hydroxyl groups excluding tert-OH is 1. The molecule has 0 saturated heterocycles. The highest BCUT2D eigenvalue weighted by Gasteiger charge is 2.22. The third-order valence-electron chi connectivity index (χ3n) is 4.49. The van der Waals surface area contributed by atoms with Crippen LogP contribution in [0.4, 0.5) is 5.82 Å². The first kappa shape index (κ1) is 22.4. The summed E-state index contributed by atoms with van der Waals surface area (Å²) in [6, 6.07) is 4.03. The van der Waals surface area contributed by atoms with Crippen molar-refractivity contribution >= 4 is 29.2 Å². The molecule has 0 unspecified atom stereocenters. The molecule has 7 heteroatoms. The number of ether oxygens (including phenoxy) is 1. The number of aldehydes is 1. The van der Waals surface area contributed by atoms with E-state index in [-0.39, 0.29) is 12.0 Å². The highest BCUT2D eigenvalue weighted by molar-refractivity contribution is 5.81. The SMILES string of the molecule is CCc1c(/C=C\C(C)=C\O)c(=O)c2ccc(NC3CC3)nc2n1CC=O.COC. The molecular weight excluding hydrogens is 370 g/mol. The van der Waals surface area contributed by atoms with Crippen LogP contribution in [0.15, 0.2) is 34.8 Å². The molecule has 1 saturated carbocycles. The first-order chi connectivity index (χ1) is 14.0. The zero-order chi connectivity index (χ0) is 21.4. The number of hydrogen-bond donors (Lipinski definition) is 2. The van der Waals surface area contributed by atoms with E-state index in [0.29, 0.717) is 34.6 Å². The Hall–Kier alpha value is -2.93. The number of pyridine rings is 2. The van der Waals surface area contributed by atoms with Crippen molar-refractivity contribution in [2.75, 3.05) is 19.5 Å². The second kappa shape index (κ2) is 10.6. The average molecular weight is 399 g/mol. The molecule has 1 fully saturated rings. The van der Waals surface area contributed by atoms with Crippen LogP contribution in [0.25, 0.3) is 17.1 Å². The van der Waals surface area contributed by atoms with Gasteiger partial charge in [0.25, 0.3) is 0 Å². The Bertz CT molecular complexity index is 972. The van der Waals surface area contributed by atoms with Crippen LogP contribution in [0, 0.1) is 0 Å². The van der Waals surface area contributed by atoms with Crippen LogP contribution >= 0.6 is 0 Å². The Morgan fingerprint density at radius 2 is 2.07 bits per heavy atom. The number of carbonyl (C=O) groups excluding carboxylic acids is 1. The molecule has 2 aromatic heterocycles. The normalized spacial score (nSPS) is 14.0. The summed E-state index contributed by atoms with van der Waals surface area (Å²) < 4.78 is 6.06. The van der Waals surface area contributed by atoms with E-state index in [1.165, 1.54) is 0 Å². The molecule has 1 aliphatic carbocycles. The average Bonchev–Trinajstić information content (AvgIpc) is 3.53. The molecule has 29 heavy (non-hydrogen) atoms. The van der Waals surface area contributed by atoms with Crippen molar-refractivity contribution in [3.05, 3.63) is 51.5 Å². The fraction of sp³-hybridized carbons (Fsp3) is 0.409. The molecule has 2 heterocycles. The zero-order valence-electron chi connectivity index (χ0n) is 17.4. The standard InChI is InChI=1S/C20H23N3O3.C2H6O/c1-3-17-15(7-4-13(2)12-25)19(26)16-8-9-18(21-14-5-6-14)22-20(16)23(17)10-11-24;1-3-2/h4,7-9,11-12,14,25H,3,5-6,10H2,1-2H3,(H,21,22);1-2H3/b7-4-,13-12+;. The molecule has 0 spiro atoms. The van der Waals surface area contributed by atoms with Crippen molar-refractivity contribution in [1.82, 2.24) is 9.55 Å².